The molecule has 106 valence electrons. The monoisotopic (exact) mass is 277 g/mol. The van der Waals surface area contributed by atoms with Gasteiger partial charge in [0.15, 0.2) is 0 Å². The van der Waals surface area contributed by atoms with Gasteiger partial charge in [0.1, 0.15) is 0 Å². The number of ether oxygens (including phenoxy) is 1. The second-order valence-electron chi connectivity index (χ2n) is 4.95. The molecular weight excluding hydrogens is 254 g/mol. The minimum absolute atomic E-state index is 0.205. The van der Waals surface area contributed by atoms with E-state index in [4.69, 9.17) is 4.74 Å². The standard InChI is InChI=1S/C11H23N3O3S/c15-18(16,13-14-6-8-17-9-7-14)10-2-1-5-12-11-3-4-11/h11-13H,1-10H2. The predicted molar refractivity (Wildman–Crippen MR) is 69.6 cm³/mol. The number of nitrogens with zero attached hydrogens (tertiary/aromatic N) is 1. The molecule has 0 aromatic carbocycles. The molecule has 18 heavy (non-hydrogen) atoms. The highest BCUT2D eigenvalue weighted by atomic mass is 32.2. The van der Waals surface area contributed by atoms with E-state index in [1.165, 1.54) is 12.8 Å². The first-order valence-corrected chi connectivity index (χ1v) is 8.37. The van der Waals surface area contributed by atoms with Crippen LogP contribution >= 0.6 is 0 Å². The van der Waals surface area contributed by atoms with Gasteiger partial charge in [-0.25, -0.2) is 13.4 Å². The average Bonchev–Trinajstić information content (AvgIpc) is 3.13. The lowest BCUT2D eigenvalue weighted by molar-refractivity contribution is 0.0272. The highest BCUT2D eigenvalue weighted by Crippen LogP contribution is 2.18. The first-order valence-electron chi connectivity index (χ1n) is 6.72. The van der Waals surface area contributed by atoms with E-state index in [1.807, 2.05) is 0 Å². The Balaban J connectivity index is 1.56. The van der Waals surface area contributed by atoms with Crippen LogP contribution in [-0.4, -0.2) is 58.1 Å². The molecule has 1 aliphatic carbocycles. The molecular formula is C11H23N3O3S. The molecule has 2 rings (SSSR count). The summed E-state index contributed by atoms with van der Waals surface area (Å²) in [6.07, 6.45) is 4.17. The van der Waals surface area contributed by atoms with Crippen molar-refractivity contribution in [3.8, 4) is 0 Å². The number of morpholine rings is 1. The molecule has 0 radical (unpaired) electrons. The number of rotatable bonds is 8. The Morgan fingerprint density at radius 3 is 2.56 bits per heavy atom. The summed E-state index contributed by atoms with van der Waals surface area (Å²) < 4.78 is 28.8. The van der Waals surface area contributed by atoms with Crippen LogP contribution in [0.3, 0.4) is 0 Å². The van der Waals surface area contributed by atoms with Crippen molar-refractivity contribution in [2.24, 2.45) is 0 Å². The van der Waals surface area contributed by atoms with Crippen molar-refractivity contribution in [2.75, 3.05) is 38.6 Å². The van der Waals surface area contributed by atoms with Gasteiger partial charge in [-0.15, -0.1) is 4.83 Å². The second-order valence-corrected chi connectivity index (χ2v) is 6.77. The predicted octanol–water partition coefficient (Wildman–Crippen LogP) is -0.315. The average molecular weight is 277 g/mol. The first kappa shape index (κ1) is 14.2. The number of hydrogen-bond donors (Lipinski definition) is 2. The van der Waals surface area contributed by atoms with Gasteiger partial charge < -0.3 is 10.1 Å². The molecule has 2 fully saturated rings. The fourth-order valence-corrected chi connectivity index (χ4v) is 3.16. The smallest absolute Gasteiger partial charge is 0.224 e. The van der Waals surface area contributed by atoms with E-state index in [0.717, 1.165) is 13.0 Å². The fourth-order valence-electron chi connectivity index (χ4n) is 1.91. The van der Waals surface area contributed by atoms with E-state index < -0.39 is 10.0 Å². The third-order valence-electron chi connectivity index (χ3n) is 3.13. The summed E-state index contributed by atoms with van der Waals surface area (Å²) in [5.41, 5.74) is 0. The molecule has 0 unspecified atom stereocenters. The Labute approximate surface area is 109 Å². The van der Waals surface area contributed by atoms with Gasteiger partial charge >= 0.3 is 0 Å². The Morgan fingerprint density at radius 2 is 1.89 bits per heavy atom. The second kappa shape index (κ2) is 6.81. The van der Waals surface area contributed by atoms with Gasteiger partial charge in [-0.1, -0.05) is 0 Å². The summed E-state index contributed by atoms with van der Waals surface area (Å²) in [6, 6.07) is 0.702. The number of hydrazine groups is 1. The Morgan fingerprint density at radius 1 is 1.17 bits per heavy atom. The maximum Gasteiger partial charge on any atom is 0.224 e. The zero-order valence-electron chi connectivity index (χ0n) is 10.7. The molecule has 1 saturated carbocycles. The zero-order valence-corrected chi connectivity index (χ0v) is 11.5. The van der Waals surface area contributed by atoms with Gasteiger partial charge in [0.2, 0.25) is 10.0 Å². The molecule has 7 heteroatoms. The highest BCUT2D eigenvalue weighted by molar-refractivity contribution is 7.89. The number of hydrogen-bond acceptors (Lipinski definition) is 5. The third-order valence-corrected chi connectivity index (χ3v) is 4.49. The number of sulfonamides is 1. The van der Waals surface area contributed by atoms with Crippen LogP contribution in [0.4, 0.5) is 0 Å². The molecule has 1 heterocycles. The lowest BCUT2D eigenvalue weighted by Gasteiger charge is -2.26. The molecule has 2 aliphatic rings. The van der Waals surface area contributed by atoms with Gasteiger partial charge in [-0.3, -0.25) is 0 Å². The summed E-state index contributed by atoms with van der Waals surface area (Å²) in [6.45, 7) is 3.37. The third kappa shape index (κ3) is 5.62. The van der Waals surface area contributed by atoms with Crippen molar-refractivity contribution in [3.05, 3.63) is 0 Å². The largest absolute Gasteiger partial charge is 0.379 e. The molecule has 2 N–H and O–H groups in total. The first-order chi connectivity index (χ1) is 8.66. The maximum absolute atomic E-state index is 11.8. The van der Waals surface area contributed by atoms with E-state index in [-0.39, 0.29) is 5.75 Å². The van der Waals surface area contributed by atoms with Gasteiger partial charge in [0.05, 0.1) is 19.0 Å². The molecule has 0 aromatic rings. The van der Waals surface area contributed by atoms with E-state index in [2.05, 4.69) is 10.1 Å². The van der Waals surface area contributed by atoms with Gasteiger partial charge in [-0.05, 0) is 32.2 Å². The van der Waals surface area contributed by atoms with Crippen LogP contribution in [0, 0.1) is 0 Å². The fraction of sp³-hybridized carbons (Fsp3) is 1.00. The molecule has 0 amide bonds. The summed E-state index contributed by atoms with van der Waals surface area (Å²) in [5.74, 6) is 0.205. The normalized spacial score (nSPS) is 22.2. The van der Waals surface area contributed by atoms with Crippen LogP contribution < -0.4 is 10.1 Å². The molecule has 0 atom stereocenters. The summed E-state index contributed by atoms with van der Waals surface area (Å²) in [4.78, 5) is 2.61. The van der Waals surface area contributed by atoms with Crippen LogP contribution in [0.2, 0.25) is 0 Å². The van der Waals surface area contributed by atoms with Gasteiger partial charge in [0, 0.05) is 19.1 Å². The number of unbranched alkanes of at least 4 members (excludes halogenated alkanes) is 1. The van der Waals surface area contributed by atoms with Gasteiger partial charge in [-0.2, -0.15) is 0 Å². The van der Waals surface area contributed by atoms with Crippen molar-refractivity contribution in [2.45, 2.75) is 31.7 Å². The van der Waals surface area contributed by atoms with Crippen molar-refractivity contribution < 1.29 is 13.2 Å². The lowest BCUT2D eigenvalue weighted by Crippen LogP contribution is -2.48. The van der Waals surface area contributed by atoms with E-state index in [1.54, 1.807) is 5.01 Å². The van der Waals surface area contributed by atoms with Crippen molar-refractivity contribution in [3.63, 3.8) is 0 Å². The topological polar surface area (TPSA) is 70.7 Å². The van der Waals surface area contributed by atoms with Crippen LogP contribution in [0.1, 0.15) is 25.7 Å². The van der Waals surface area contributed by atoms with Crippen molar-refractivity contribution in [1.29, 1.82) is 0 Å². The van der Waals surface area contributed by atoms with Crippen molar-refractivity contribution >= 4 is 10.0 Å². The maximum atomic E-state index is 11.8. The van der Waals surface area contributed by atoms with E-state index >= 15 is 0 Å². The quantitative estimate of drug-likeness (QED) is 0.595. The Bertz CT molecular complexity index is 337. The summed E-state index contributed by atoms with van der Waals surface area (Å²) >= 11 is 0. The number of nitrogens with one attached hydrogen (secondary N) is 2. The SMILES string of the molecule is O=S(=O)(CCCCNC1CC1)NN1CCOCC1. The minimum Gasteiger partial charge on any atom is -0.379 e. The van der Waals surface area contributed by atoms with Crippen LogP contribution in [0.15, 0.2) is 0 Å². The molecule has 1 saturated heterocycles. The molecule has 0 spiro atoms. The van der Waals surface area contributed by atoms with Crippen LogP contribution in [0.5, 0.6) is 0 Å². The molecule has 1 aliphatic heterocycles. The van der Waals surface area contributed by atoms with Gasteiger partial charge in [0.25, 0.3) is 0 Å². The molecule has 0 bridgehead atoms. The minimum atomic E-state index is -3.17. The van der Waals surface area contributed by atoms with E-state index in [9.17, 15) is 8.42 Å². The Hall–Kier alpha value is -0.210. The summed E-state index contributed by atoms with van der Waals surface area (Å²) in [5, 5.41) is 5.11. The van der Waals surface area contributed by atoms with E-state index in [0.29, 0.717) is 38.8 Å². The highest BCUT2D eigenvalue weighted by Gasteiger charge is 2.20. The molecule has 6 nitrogen and oxygen atoms in total. The summed E-state index contributed by atoms with van der Waals surface area (Å²) in [7, 11) is -3.17. The lowest BCUT2D eigenvalue weighted by atomic mass is 10.3. The van der Waals surface area contributed by atoms with Crippen LogP contribution in [-0.2, 0) is 14.8 Å². The zero-order chi connectivity index (χ0) is 12.8. The molecule has 0 aromatic heterocycles. The van der Waals surface area contributed by atoms with Crippen LogP contribution in [0.25, 0.3) is 0 Å². The Kier molecular flexibility index (Phi) is 5.38. The van der Waals surface area contributed by atoms with Crippen molar-refractivity contribution in [1.82, 2.24) is 15.2 Å².